The fourth-order valence-corrected chi connectivity index (χ4v) is 4.10. The molecule has 0 heterocycles. The van der Waals surface area contributed by atoms with E-state index in [1.807, 2.05) is 60.7 Å². The summed E-state index contributed by atoms with van der Waals surface area (Å²) in [5.41, 5.74) is 1.05. The van der Waals surface area contributed by atoms with Gasteiger partial charge in [-0.3, -0.25) is 10.1 Å². The molecule has 0 aromatic heterocycles. The first-order valence-electron chi connectivity index (χ1n) is 11.4. The standard InChI is InChI=1S/C29H25NO6/c1-21(26-14-8-9-15-27(26)30(33)34)20-35-28(31)36-25-18-16-24(17-19-25)29(32,22-10-4-2-5-11-22)23-12-6-3-7-13-23/h2-19,21,32H,20H2,1H3. The molecule has 7 heteroatoms. The van der Waals surface area contributed by atoms with Crippen molar-refractivity contribution in [2.24, 2.45) is 0 Å². The number of benzene rings is 4. The maximum absolute atomic E-state index is 12.3. The van der Waals surface area contributed by atoms with Crippen molar-refractivity contribution in [2.45, 2.75) is 18.4 Å². The number of ether oxygens (including phenoxy) is 2. The van der Waals surface area contributed by atoms with Gasteiger partial charge in [0.2, 0.25) is 0 Å². The topological polar surface area (TPSA) is 98.9 Å². The van der Waals surface area contributed by atoms with Crippen LogP contribution < -0.4 is 4.74 Å². The summed E-state index contributed by atoms with van der Waals surface area (Å²) >= 11 is 0. The number of nitro groups is 1. The van der Waals surface area contributed by atoms with Crippen molar-refractivity contribution in [3.63, 3.8) is 0 Å². The van der Waals surface area contributed by atoms with Gasteiger partial charge in [-0.25, -0.2) is 4.79 Å². The molecule has 0 aliphatic rings. The van der Waals surface area contributed by atoms with Crippen LogP contribution in [0.2, 0.25) is 0 Å². The van der Waals surface area contributed by atoms with Gasteiger partial charge in [-0.15, -0.1) is 0 Å². The summed E-state index contributed by atoms with van der Waals surface area (Å²) in [5.74, 6) is -0.154. The summed E-state index contributed by atoms with van der Waals surface area (Å²) in [6, 6.07) is 31.5. The van der Waals surface area contributed by atoms with Gasteiger partial charge in [0.1, 0.15) is 18.0 Å². The van der Waals surface area contributed by atoms with Crippen molar-refractivity contribution >= 4 is 11.8 Å². The molecule has 1 unspecified atom stereocenters. The third-order valence-electron chi connectivity index (χ3n) is 5.97. The van der Waals surface area contributed by atoms with Crippen molar-refractivity contribution < 1.29 is 24.3 Å². The van der Waals surface area contributed by atoms with Gasteiger partial charge in [0, 0.05) is 17.5 Å². The van der Waals surface area contributed by atoms with Gasteiger partial charge >= 0.3 is 6.16 Å². The van der Waals surface area contributed by atoms with Crippen LogP contribution in [0, 0.1) is 10.1 Å². The Kier molecular flexibility index (Phi) is 7.42. The van der Waals surface area contributed by atoms with Crippen LogP contribution in [0.3, 0.4) is 0 Å². The largest absolute Gasteiger partial charge is 0.513 e. The zero-order valence-electron chi connectivity index (χ0n) is 19.6. The van der Waals surface area contributed by atoms with Crippen LogP contribution in [0.5, 0.6) is 5.75 Å². The Balaban J connectivity index is 1.46. The lowest BCUT2D eigenvalue weighted by molar-refractivity contribution is -0.385. The quantitative estimate of drug-likeness (QED) is 0.105. The SMILES string of the molecule is CC(COC(=O)Oc1ccc(C(O)(c2ccccc2)c2ccccc2)cc1)c1ccccc1[N+](=O)[O-]. The number of para-hydroxylation sites is 1. The number of nitro benzene ring substituents is 1. The molecule has 4 rings (SSSR count). The summed E-state index contributed by atoms with van der Waals surface area (Å²) < 4.78 is 10.5. The minimum absolute atomic E-state index is 0.0260. The highest BCUT2D eigenvalue weighted by Gasteiger charge is 2.33. The number of carbonyl (C=O) groups is 1. The van der Waals surface area contributed by atoms with Gasteiger partial charge in [0.05, 0.1) is 4.92 Å². The first kappa shape index (κ1) is 24.6. The summed E-state index contributed by atoms with van der Waals surface area (Å²) in [6.45, 7) is 1.65. The fourth-order valence-electron chi connectivity index (χ4n) is 4.10. The van der Waals surface area contributed by atoms with Gasteiger partial charge < -0.3 is 14.6 Å². The van der Waals surface area contributed by atoms with Gasteiger partial charge in [-0.1, -0.05) is 97.9 Å². The molecule has 1 N–H and O–H groups in total. The molecule has 0 spiro atoms. The van der Waals surface area contributed by atoms with Crippen molar-refractivity contribution in [1.82, 2.24) is 0 Å². The molecule has 4 aromatic rings. The smallest absolute Gasteiger partial charge is 0.433 e. The predicted molar refractivity (Wildman–Crippen MR) is 135 cm³/mol. The van der Waals surface area contributed by atoms with E-state index in [4.69, 9.17) is 9.47 Å². The van der Waals surface area contributed by atoms with E-state index in [1.54, 1.807) is 49.4 Å². The molecule has 36 heavy (non-hydrogen) atoms. The van der Waals surface area contributed by atoms with Gasteiger partial charge in [0.15, 0.2) is 0 Å². The molecule has 1 atom stereocenters. The monoisotopic (exact) mass is 483 g/mol. The molecular formula is C29H25NO6. The molecule has 0 saturated carbocycles. The van der Waals surface area contributed by atoms with E-state index in [-0.39, 0.29) is 18.0 Å². The number of nitrogens with zero attached hydrogens (tertiary/aromatic N) is 1. The maximum atomic E-state index is 12.3. The summed E-state index contributed by atoms with van der Waals surface area (Å²) in [7, 11) is 0. The Labute approximate surface area is 208 Å². The molecule has 4 aromatic carbocycles. The summed E-state index contributed by atoms with van der Waals surface area (Å²) in [4.78, 5) is 23.0. The van der Waals surface area contributed by atoms with E-state index < -0.39 is 22.6 Å². The average Bonchev–Trinajstić information content (AvgIpc) is 2.92. The molecule has 0 saturated heterocycles. The average molecular weight is 484 g/mol. The Morgan fingerprint density at radius 3 is 1.89 bits per heavy atom. The van der Waals surface area contributed by atoms with Crippen molar-refractivity contribution in [2.75, 3.05) is 6.61 Å². The van der Waals surface area contributed by atoms with E-state index in [9.17, 15) is 20.0 Å². The molecule has 0 amide bonds. The highest BCUT2D eigenvalue weighted by molar-refractivity contribution is 5.64. The molecule has 182 valence electrons. The van der Waals surface area contributed by atoms with Crippen LogP contribution in [-0.2, 0) is 10.3 Å². The summed E-state index contributed by atoms with van der Waals surface area (Å²) in [5, 5.41) is 23.1. The second-order valence-corrected chi connectivity index (χ2v) is 8.35. The van der Waals surface area contributed by atoms with Crippen LogP contribution >= 0.6 is 0 Å². The van der Waals surface area contributed by atoms with Gasteiger partial charge in [-0.2, -0.15) is 0 Å². The molecule has 7 nitrogen and oxygen atoms in total. The zero-order chi connectivity index (χ0) is 25.5. The van der Waals surface area contributed by atoms with E-state index in [1.165, 1.54) is 6.07 Å². The van der Waals surface area contributed by atoms with E-state index in [0.29, 0.717) is 22.3 Å². The maximum Gasteiger partial charge on any atom is 0.513 e. The van der Waals surface area contributed by atoms with E-state index >= 15 is 0 Å². The number of rotatable bonds is 8. The third-order valence-corrected chi connectivity index (χ3v) is 5.97. The van der Waals surface area contributed by atoms with Crippen molar-refractivity contribution in [3.05, 3.63) is 142 Å². The molecule has 0 bridgehead atoms. The third kappa shape index (κ3) is 5.26. The first-order chi connectivity index (χ1) is 17.4. The lowest BCUT2D eigenvalue weighted by Gasteiger charge is -2.30. The Hall–Kier alpha value is -4.49. The second kappa shape index (κ2) is 10.8. The molecule has 0 radical (unpaired) electrons. The van der Waals surface area contributed by atoms with Crippen LogP contribution in [0.1, 0.15) is 35.1 Å². The zero-order valence-corrected chi connectivity index (χ0v) is 19.6. The number of aliphatic hydroxyl groups is 1. The molecular weight excluding hydrogens is 458 g/mol. The Morgan fingerprint density at radius 2 is 1.33 bits per heavy atom. The van der Waals surface area contributed by atoms with Crippen molar-refractivity contribution in [1.29, 1.82) is 0 Å². The molecule has 0 aliphatic carbocycles. The second-order valence-electron chi connectivity index (χ2n) is 8.35. The van der Waals surface area contributed by atoms with Crippen molar-refractivity contribution in [3.8, 4) is 5.75 Å². The normalized spacial score (nSPS) is 11.9. The number of hydrogen-bond acceptors (Lipinski definition) is 6. The lowest BCUT2D eigenvalue weighted by Crippen LogP contribution is -2.28. The molecule has 0 fully saturated rings. The Bertz CT molecular complexity index is 1280. The minimum Gasteiger partial charge on any atom is -0.433 e. The van der Waals surface area contributed by atoms with Crippen LogP contribution in [0.15, 0.2) is 109 Å². The fraction of sp³-hybridized carbons (Fsp3) is 0.138. The number of carbonyl (C=O) groups excluding carboxylic acids is 1. The predicted octanol–water partition coefficient (Wildman–Crippen LogP) is 6.20. The lowest BCUT2D eigenvalue weighted by atomic mass is 9.80. The van der Waals surface area contributed by atoms with Crippen LogP contribution in [-0.4, -0.2) is 22.8 Å². The van der Waals surface area contributed by atoms with E-state index in [2.05, 4.69) is 0 Å². The highest BCUT2D eigenvalue weighted by Crippen LogP contribution is 2.37. The Morgan fingerprint density at radius 1 is 0.833 bits per heavy atom. The van der Waals surface area contributed by atoms with Gasteiger partial charge in [0.25, 0.3) is 5.69 Å². The highest BCUT2D eigenvalue weighted by atomic mass is 16.7. The van der Waals surface area contributed by atoms with Gasteiger partial charge in [-0.05, 0) is 28.8 Å². The summed E-state index contributed by atoms with van der Waals surface area (Å²) in [6.07, 6.45) is -0.922. The number of hydrogen-bond donors (Lipinski definition) is 1. The minimum atomic E-state index is -1.40. The van der Waals surface area contributed by atoms with Crippen LogP contribution in [0.4, 0.5) is 10.5 Å². The first-order valence-corrected chi connectivity index (χ1v) is 11.4. The molecule has 0 aliphatic heterocycles. The van der Waals surface area contributed by atoms with E-state index in [0.717, 1.165) is 0 Å². The van der Waals surface area contributed by atoms with Crippen LogP contribution in [0.25, 0.3) is 0 Å².